The first-order valence-electron chi connectivity index (χ1n) is 5.63. The minimum atomic E-state index is 0.593. The zero-order valence-corrected chi connectivity index (χ0v) is 11.0. The molecule has 5 heteroatoms. The Morgan fingerprint density at radius 1 is 1.53 bits per heavy atom. The number of fused-ring (bicyclic) bond motifs is 1. The highest BCUT2D eigenvalue weighted by Gasteiger charge is 2.17. The van der Waals surface area contributed by atoms with E-state index in [0.29, 0.717) is 4.77 Å². The maximum Gasteiger partial charge on any atom is 0.196 e. The Labute approximate surface area is 109 Å². The molecular weight excluding hydrogens is 250 g/mol. The van der Waals surface area contributed by atoms with Crippen molar-refractivity contribution in [2.75, 3.05) is 6.54 Å². The number of H-pyrrole nitrogens is 1. The van der Waals surface area contributed by atoms with Crippen LogP contribution in [0, 0.1) is 4.77 Å². The second kappa shape index (κ2) is 4.68. The summed E-state index contributed by atoms with van der Waals surface area (Å²) in [5, 5.41) is 2.13. The first-order valence-corrected chi connectivity index (χ1v) is 6.92. The molecule has 3 nitrogen and oxygen atoms in total. The van der Waals surface area contributed by atoms with Crippen LogP contribution in [-0.2, 0) is 19.5 Å². The average Bonchev–Trinajstić information content (AvgIpc) is 2.82. The molecule has 1 N–H and O–H groups in total. The highest BCUT2D eigenvalue weighted by molar-refractivity contribution is 7.71. The van der Waals surface area contributed by atoms with Gasteiger partial charge in [0.05, 0.1) is 0 Å². The van der Waals surface area contributed by atoms with Gasteiger partial charge in [0, 0.05) is 48.4 Å². The highest BCUT2D eigenvalue weighted by atomic mass is 32.1. The Morgan fingerprint density at radius 2 is 2.47 bits per heavy atom. The zero-order chi connectivity index (χ0) is 11.7. The molecule has 88 valence electrons. The lowest BCUT2D eigenvalue weighted by Gasteiger charge is -2.27. The standard InChI is InChI=1S/C12H13N3S2/c16-12-13-6-9-7-15(4-3-11(9)14-12)8-10-2-1-5-17-10/h1-2,5-6H,3-4,7-8H2,(H,13,14,16). The van der Waals surface area contributed by atoms with Crippen LogP contribution in [0.5, 0.6) is 0 Å². The number of thiophene rings is 1. The van der Waals surface area contributed by atoms with Crippen molar-refractivity contribution in [3.05, 3.63) is 44.6 Å². The molecule has 0 spiro atoms. The predicted octanol–water partition coefficient (Wildman–Crippen LogP) is 2.76. The molecule has 0 saturated heterocycles. The van der Waals surface area contributed by atoms with Crippen LogP contribution in [0.1, 0.15) is 16.1 Å². The largest absolute Gasteiger partial charge is 0.334 e. The summed E-state index contributed by atoms with van der Waals surface area (Å²) in [7, 11) is 0. The van der Waals surface area contributed by atoms with Gasteiger partial charge in [-0.2, -0.15) is 0 Å². The first-order chi connectivity index (χ1) is 8.31. The van der Waals surface area contributed by atoms with Crippen LogP contribution in [0.15, 0.2) is 23.7 Å². The summed E-state index contributed by atoms with van der Waals surface area (Å²) in [4.78, 5) is 11.2. The molecule has 2 aromatic rings. The lowest BCUT2D eigenvalue weighted by Crippen LogP contribution is -2.30. The van der Waals surface area contributed by atoms with Crippen LogP contribution in [-0.4, -0.2) is 21.4 Å². The second-order valence-electron chi connectivity index (χ2n) is 4.23. The van der Waals surface area contributed by atoms with Crippen LogP contribution >= 0.6 is 23.6 Å². The number of hydrogen-bond acceptors (Lipinski definition) is 4. The number of aromatic nitrogens is 2. The van der Waals surface area contributed by atoms with Gasteiger partial charge < -0.3 is 4.98 Å². The van der Waals surface area contributed by atoms with Crippen LogP contribution in [0.2, 0.25) is 0 Å². The van der Waals surface area contributed by atoms with Gasteiger partial charge in [-0.3, -0.25) is 4.90 Å². The van der Waals surface area contributed by atoms with Crippen LogP contribution in [0.4, 0.5) is 0 Å². The van der Waals surface area contributed by atoms with E-state index in [9.17, 15) is 0 Å². The Kier molecular flexibility index (Phi) is 3.05. The van der Waals surface area contributed by atoms with Gasteiger partial charge in [-0.15, -0.1) is 11.3 Å². The van der Waals surface area contributed by atoms with Crippen LogP contribution in [0.3, 0.4) is 0 Å². The van der Waals surface area contributed by atoms with Gasteiger partial charge in [-0.05, 0) is 23.7 Å². The Hall–Kier alpha value is -1.04. The van der Waals surface area contributed by atoms with Gasteiger partial charge in [0.25, 0.3) is 0 Å². The third-order valence-corrected chi connectivity index (χ3v) is 4.08. The normalized spacial score (nSPS) is 15.8. The van der Waals surface area contributed by atoms with Gasteiger partial charge in [-0.25, -0.2) is 4.98 Å². The molecular formula is C12H13N3S2. The molecule has 0 aromatic carbocycles. The van der Waals surface area contributed by atoms with Crippen molar-refractivity contribution in [3.8, 4) is 0 Å². The van der Waals surface area contributed by atoms with Crippen molar-refractivity contribution < 1.29 is 0 Å². The fraction of sp³-hybridized carbons (Fsp3) is 0.333. The molecule has 3 rings (SSSR count). The van der Waals surface area contributed by atoms with Crippen molar-refractivity contribution in [1.82, 2.24) is 14.9 Å². The van der Waals surface area contributed by atoms with Gasteiger partial charge in [0.2, 0.25) is 0 Å². The van der Waals surface area contributed by atoms with Crippen molar-refractivity contribution >= 4 is 23.6 Å². The van der Waals surface area contributed by atoms with E-state index in [2.05, 4.69) is 32.4 Å². The van der Waals surface area contributed by atoms with E-state index < -0.39 is 0 Å². The zero-order valence-electron chi connectivity index (χ0n) is 9.35. The molecule has 0 unspecified atom stereocenters. The Morgan fingerprint density at radius 3 is 3.29 bits per heavy atom. The van der Waals surface area contributed by atoms with Crippen LogP contribution in [0.25, 0.3) is 0 Å². The molecule has 0 amide bonds. The third kappa shape index (κ3) is 2.46. The predicted molar refractivity (Wildman–Crippen MR) is 71.6 cm³/mol. The quantitative estimate of drug-likeness (QED) is 0.846. The van der Waals surface area contributed by atoms with Crippen LogP contribution < -0.4 is 0 Å². The SMILES string of the molecule is S=c1ncc2c([nH]1)CCN(Cc1cccs1)C2. The second-order valence-corrected chi connectivity index (χ2v) is 5.65. The van der Waals surface area contributed by atoms with Gasteiger partial charge in [-0.1, -0.05) is 6.07 Å². The molecule has 1 aliphatic rings. The molecule has 0 bridgehead atoms. The fourth-order valence-corrected chi connectivity index (χ4v) is 3.09. The number of nitrogens with one attached hydrogen (secondary N) is 1. The summed E-state index contributed by atoms with van der Waals surface area (Å²) in [6.45, 7) is 3.08. The molecule has 2 aromatic heterocycles. The van der Waals surface area contributed by atoms with E-state index in [-0.39, 0.29) is 0 Å². The maximum absolute atomic E-state index is 5.04. The van der Waals surface area contributed by atoms with E-state index in [1.54, 1.807) is 0 Å². The lowest BCUT2D eigenvalue weighted by atomic mass is 10.1. The van der Waals surface area contributed by atoms with E-state index >= 15 is 0 Å². The summed E-state index contributed by atoms with van der Waals surface area (Å²) in [6, 6.07) is 4.30. The highest BCUT2D eigenvalue weighted by Crippen LogP contribution is 2.19. The van der Waals surface area contributed by atoms with E-state index in [1.165, 1.54) is 16.1 Å². The smallest absolute Gasteiger partial charge is 0.196 e. The topological polar surface area (TPSA) is 31.9 Å². The van der Waals surface area contributed by atoms with E-state index in [1.807, 2.05) is 17.5 Å². The average molecular weight is 263 g/mol. The maximum atomic E-state index is 5.04. The van der Waals surface area contributed by atoms with Gasteiger partial charge >= 0.3 is 0 Å². The number of rotatable bonds is 2. The molecule has 17 heavy (non-hydrogen) atoms. The molecule has 0 aliphatic carbocycles. The fourth-order valence-electron chi connectivity index (χ4n) is 2.16. The molecule has 0 atom stereocenters. The molecule has 1 aliphatic heterocycles. The molecule has 0 radical (unpaired) electrons. The molecule has 3 heterocycles. The van der Waals surface area contributed by atoms with Crippen molar-refractivity contribution in [2.24, 2.45) is 0 Å². The monoisotopic (exact) mass is 263 g/mol. The summed E-state index contributed by atoms with van der Waals surface area (Å²) >= 11 is 6.86. The van der Waals surface area contributed by atoms with E-state index in [4.69, 9.17) is 12.2 Å². The summed E-state index contributed by atoms with van der Waals surface area (Å²) in [5.74, 6) is 0. The lowest BCUT2D eigenvalue weighted by molar-refractivity contribution is 0.245. The summed E-state index contributed by atoms with van der Waals surface area (Å²) in [6.07, 6.45) is 2.95. The van der Waals surface area contributed by atoms with Crippen molar-refractivity contribution in [2.45, 2.75) is 19.5 Å². The number of aromatic amines is 1. The third-order valence-electron chi connectivity index (χ3n) is 3.01. The molecule has 0 fully saturated rings. The minimum absolute atomic E-state index is 0.593. The van der Waals surface area contributed by atoms with Gasteiger partial charge in [0.1, 0.15) is 0 Å². The number of nitrogens with zero attached hydrogens (tertiary/aromatic N) is 2. The minimum Gasteiger partial charge on any atom is -0.334 e. The summed E-state index contributed by atoms with van der Waals surface area (Å²) < 4.78 is 0.593. The Bertz CT molecular complexity index is 559. The molecule has 0 saturated carbocycles. The summed E-state index contributed by atoms with van der Waals surface area (Å²) in [5.41, 5.74) is 2.54. The number of hydrogen-bond donors (Lipinski definition) is 1. The van der Waals surface area contributed by atoms with Crippen molar-refractivity contribution in [1.29, 1.82) is 0 Å². The van der Waals surface area contributed by atoms with E-state index in [0.717, 1.165) is 26.1 Å². The Balaban J connectivity index is 1.76. The van der Waals surface area contributed by atoms with Crippen molar-refractivity contribution in [3.63, 3.8) is 0 Å². The van der Waals surface area contributed by atoms with Gasteiger partial charge in [0.15, 0.2) is 4.77 Å². The first kappa shape index (κ1) is 11.1.